The smallest absolute Gasteiger partial charge is 0.251 e. The largest absolute Gasteiger partial charge is 0.497 e. The second-order valence-corrected chi connectivity index (χ2v) is 26.7. The Labute approximate surface area is 633 Å². The molecule has 9 amide bonds. The highest BCUT2D eigenvalue weighted by Crippen LogP contribution is 2.26. The van der Waals surface area contributed by atoms with E-state index in [0.29, 0.717) is 63.5 Å². The number of carbonyl (C=O) groups is 10. The first-order chi connectivity index (χ1) is 52.2. The number of amides is 9. The number of ether oxygens (including phenoxy) is 10. The molecule has 3 saturated heterocycles. The fourth-order valence-corrected chi connectivity index (χ4v) is 11.4. The van der Waals surface area contributed by atoms with E-state index in [-0.39, 0.29) is 191 Å². The highest BCUT2D eigenvalue weighted by Gasteiger charge is 2.48. The van der Waals surface area contributed by atoms with E-state index < -0.39 is 135 Å². The van der Waals surface area contributed by atoms with Crippen molar-refractivity contribution in [1.29, 1.82) is 0 Å². The molecule has 3 aliphatic heterocycles. The average molecular weight is 1560 g/mol. The highest BCUT2D eigenvalue weighted by molar-refractivity contribution is 5.95. The summed E-state index contributed by atoms with van der Waals surface area (Å²) in [5.74, 6) is -3.22. The van der Waals surface area contributed by atoms with Gasteiger partial charge in [-0.15, -0.1) is 0 Å². The number of rotatable bonds is 56. The van der Waals surface area contributed by atoms with Gasteiger partial charge >= 0.3 is 0 Å². The van der Waals surface area contributed by atoms with Gasteiger partial charge in [0.05, 0.1) is 79.2 Å². The molecule has 39 nitrogen and oxygen atoms in total. The van der Waals surface area contributed by atoms with Gasteiger partial charge in [-0.1, -0.05) is 0 Å². The van der Waals surface area contributed by atoms with Crippen molar-refractivity contribution in [2.24, 2.45) is 0 Å². The number of methoxy groups -OCH3 is 1. The Bertz CT molecular complexity index is 2780. The van der Waals surface area contributed by atoms with Gasteiger partial charge in [0.2, 0.25) is 47.3 Å². The third-order valence-corrected chi connectivity index (χ3v) is 17.5. The average Bonchev–Trinajstić information content (AvgIpc) is 0.826. The molecule has 19 N–H and O–H groups in total. The number of aliphatic hydroxyl groups excluding tert-OH is 9. The first-order valence-corrected chi connectivity index (χ1v) is 37.0. The van der Waals surface area contributed by atoms with Crippen LogP contribution in [0, 0.1) is 0 Å². The molecule has 109 heavy (non-hydrogen) atoms. The van der Waals surface area contributed by atoms with Crippen molar-refractivity contribution in [2.45, 2.75) is 215 Å². The quantitative estimate of drug-likeness (QED) is 0.0270. The first-order valence-electron chi connectivity index (χ1n) is 37.0. The van der Waals surface area contributed by atoms with Crippen molar-refractivity contribution in [2.75, 3.05) is 132 Å². The number of ketones is 1. The van der Waals surface area contributed by atoms with Gasteiger partial charge in [0, 0.05) is 117 Å². The molecule has 622 valence electrons. The predicted octanol–water partition coefficient (Wildman–Crippen LogP) is -6.31. The fourth-order valence-electron chi connectivity index (χ4n) is 11.4. The molecule has 1 aromatic carbocycles. The molecular weight excluding hydrogens is 1440 g/mol. The molecule has 39 heteroatoms. The Hall–Kier alpha value is -6.84. The fraction of sp³-hybridized carbons (Fsp3) is 0.771. The summed E-state index contributed by atoms with van der Waals surface area (Å²) < 4.78 is 57.4. The normalized spacial score (nSPS) is 24.5. The van der Waals surface area contributed by atoms with Crippen molar-refractivity contribution in [3.05, 3.63) is 29.8 Å². The van der Waals surface area contributed by atoms with Crippen molar-refractivity contribution >= 4 is 58.9 Å². The van der Waals surface area contributed by atoms with Crippen LogP contribution in [0.3, 0.4) is 0 Å². The van der Waals surface area contributed by atoms with E-state index in [4.69, 9.17) is 47.4 Å². The van der Waals surface area contributed by atoms with Crippen LogP contribution < -0.4 is 57.9 Å². The number of benzene rings is 1. The zero-order valence-electron chi connectivity index (χ0n) is 62.7. The molecule has 0 aromatic heterocycles. The minimum Gasteiger partial charge on any atom is -0.497 e. The number of hydrogen-bond acceptors (Lipinski definition) is 30. The Morgan fingerprint density at radius 2 is 0.716 bits per heavy atom. The molecule has 0 spiro atoms. The maximum atomic E-state index is 14.0. The summed E-state index contributed by atoms with van der Waals surface area (Å²) in [7, 11) is 1.47. The zero-order chi connectivity index (χ0) is 80.1. The molecule has 3 heterocycles. The lowest BCUT2D eigenvalue weighted by Gasteiger charge is -2.42. The molecular formula is C70H118N10O29. The predicted molar refractivity (Wildman–Crippen MR) is 382 cm³/mol. The van der Waals surface area contributed by atoms with Crippen LogP contribution in [0.2, 0.25) is 0 Å². The Kier molecular flexibility index (Phi) is 46.1. The van der Waals surface area contributed by atoms with Crippen LogP contribution in [-0.2, 0) is 85.8 Å². The lowest BCUT2D eigenvalue weighted by atomic mass is 9.97. The van der Waals surface area contributed by atoms with E-state index >= 15 is 0 Å². The minimum atomic E-state index is -1.50. The van der Waals surface area contributed by atoms with Gasteiger partial charge in [-0.2, -0.15) is 0 Å². The number of hydrogen-bond donors (Lipinski definition) is 19. The second kappa shape index (κ2) is 53.2. The number of unbranched alkanes of at least 4 members (excludes halogenated alkanes) is 3. The summed E-state index contributed by atoms with van der Waals surface area (Å²) in [6.45, 7) is 2.19. The lowest BCUT2D eigenvalue weighted by Crippen LogP contribution is -2.64. The van der Waals surface area contributed by atoms with E-state index in [1.54, 1.807) is 12.1 Å². The molecule has 15 unspecified atom stereocenters. The molecule has 0 saturated carbocycles. The van der Waals surface area contributed by atoms with E-state index in [9.17, 15) is 93.9 Å². The van der Waals surface area contributed by atoms with Gasteiger partial charge in [0.25, 0.3) is 5.91 Å². The molecule has 3 aliphatic rings. The van der Waals surface area contributed by atoms with E-state index in [1.165, 1.54) is 40.0 Å². The van der Waals surface area contributed by atoms with Crippen LogP contribution in [0.25, 0.3) is 0 Å². The van der Waals surface area contributed by atoms with Crippen LogP contribution in [-0.4, -0.2) is 335 Å². The first kappa shape index (κ1) is 94.5. The zero-order valence-corrected chi connectivity index (χ0v) is 62.7. The van der Waals surface area contributed by atoms with Gasteiger partial charge in [-0.3, -0.25) is 47.9 Å². The SMILES string of the molecule is COc1ccc(C(=O)NC(COCCC(=O)NCCCNC(=O)CCCCOC2OC(CO)C(O)C(O)C2NCC(C)=O)(COCCC(=O)NCCCNC(=O)CCCCOC2OC(CO)C(O)C(O)C2NC(C)=O)COCCC(=O)NCCCNC(=O)CCCCOC2OC(CO)C(O)C(O)C2NC(C)=O)cc1. The van der Waals surface area contributed by atoms with Crippen LogP contribution in [0.5, 0.6) is 5.75 Å². The summed E-state index contributed by atoms with van der Waals surface area (Å²) in [5, 5.41) is 118. The van der Waals surface area contributed by atoms with Crippen molar-refractivity contribution < 1.29 is 141 Å². The third-order valence-electron chi connectivity index (χ3n) is 17.5. The summed E-state index contributed by atoms with van der Waals surface area (Å²) in [5.41, 5.74) is -1.28. The topological polar surface area (TPSA) is 565 Å². The van der Waals surface area contributed by atoms with Crippen molar-refractivity contribution in [3.8, 4) is 5.75 Å². The standard InChI is InChI=1S/C70H118N10O29/c1-43(84)36-77-57-63(96)60(93)48(37-81)107-67(57)104-30-8-5-14-51(87)71-24-11-27-74-54(90)21-33-101-40-70(80-66(99)46-17-19-47(100-4)20-18-46,41-102-34-22-55(91)75-28-12-25-72-52(88)15-6-9-31-105-68-58(78-44(2)85)64(97)61(94)49(38-82)108-68)42-103-35-23-56(92)76-29-13-26-73-53(89)16-7-10-32-106-69-59(79-45(3)86)65(98)62(95)50(39-83)109-69/h17-20,48-50,57-65,67-69,77,81-83,93-98H,5-16,21-42H2,1-4H3,(H,71,87)(H,72,88)(H,73,89)(H,74,90)(H,75,91)(H,76,92)(H,78,85)(H,79,86)(H,80,99). The molecule has 0 bridgehead atoms. The van der Waals surface area contributed by atoms with E-state index in [2.05, 4.69) is 53.2 Å². The molecule has 4 rings (SSSR count). The molecule has 15 atom stereocenters. The van der Waals surface area contributed by atoms with Crippen LogP contribution in [0.1, 0.15) is 127 Å². The summed E-state index contributed by atoms with van der Waals surface area (Å²) in [6, 6.07) is 3.09. The van der Waals surface area contributed by atoms with Gasteiger partial charge in [-0.25, -0.2) is 0 Å². The van der Waals surface area contributed by atoms with Crippen LogP contribution >= 0.6 is 0 Å². The number of Topliss-reactive ketones (excluding diaryl/α,β-unsaturated/α-hetero) is 1. The summed E-state index contributed by atoms with van der Waals surface area (Å²) >= 11 is 0. The highest BCUT2D eigenvalue weighted by atomic mass is 16.7. The number of carbonyl (C=O) groups excluding carboxylic acids is 10. The maximum Gasteiger partial charge on any atom is 0.251 e. The van der Waals surface area contributed by atoms with Crippen molar-refractivity contribution in [3.63, 3.8) is 0 Å². The Balaban J connectivity index is 1.25. The van der Waals surface area contributed by atoms with Crippen LogP contribution in [0.4, 0.5) is 0 Å². The molecule has 0 radical (unpaired) electrons. The van der Waals surface area contributed by atoms with Gasteiger partial charge in [-0.05, 0) is 89.0 Å². The minimum absolute atomic E-state index is 0.0768. The molecule has 3 fully saturated rings. The van der Waals surface area contributed by atoms with E-state index in [0.717, 1.165) is 0 Å². The van der Waals surface area contributed by atoms with Gasteiger partial charge < -0.3 is 146 Å². The Morgan fingerprint density at radius 1 is 0.404 bits per heavy atom. The monoisotopic (exact) mass is 1560 g/mol. The van der Waals surface area contributed by atoms with Crippen LogP contribution in [0.15, 0.2) is 24.3 Å². The second-order valence-electron chi connectivity index (χ2n) is 26.7. The Morgan fingerprint density at radius 3 is 1.02 bits per heavy atom. The van der Waals surface area contributed by atoms with Crippen molar-refractivity contribution in [1.82, 2.24) is 53.2 Å². The maximum absolute atomic E-state index is 14.0. The molecule has 0 aliphatic carbocycles. The third kappa shape index (κ3) is 36.5. The summed E-state index contributed by atoms with van der Waals surface area (Å²) in [4.78, 5) is 126. The molecule has 1 aromatic rings. The van der Waals surface area contributed by atoms with Gasteiger partial charge in [0.15, 0.2) is 18.9 Å². The number of nitrogens with one attached hydrogen (secondary N) is 10. The van der Waals surface area contributed by atoms with E-state index in [1.807, 2.05) is 0 Å². The van der Waals surface area contributed by atoms with Gasteiger partial charge in [0.1, 0.15) is 84.1 Å². The summed E-state index contributed by atoms with van der Waals surface area (Å²) in [6.07, 6.45) is -11.8. The lowest BCUT2D eigenvalue weighted by molar-refractivity contribution is -0.270. The number of aliphatic hydroxyl groups is 9.